The molecule has 2 N–H and O–H groups in total. The monoisotopic (exact) mass is 445 g/mol. The third-order valence-corrected chi connectivity index (χ3v) is 4.34. The Balaban J connectivity index is 1.26. The fraction of sp³-hybridized carbons (Fsp3) is 0.318. The highest BCUT2D eigenvalue weighted by molar-refractivity contribution is 6.05. The molecule has 0 aromatic heterocycles. The van der Waals surface area contributed by atoms with Gasteiger partial charge in [-0.25, -0.2) is 10.3 Å². The number of nitrogens with one attached hydrogen (secondary N) is 1. The standard InChI is InChI=1S/C22H23NO9/c24-17-6-7-18(16-12-20(26)32-22(27)21(16)17)30-11-10-28-8-9-29-14-19(25)23-31-13-15-4-2-1-3-5-15/h1-7,24H,8-14H2,(H,23,25). The maximum absolute atomic E-state index is 11.8. The van der Waals surface area contributed by atoms with E-state index in [0.717, 1.165) is 5.56 Å². The molecule has 10 heteroatoms. The van der Waals surface area contributed by atoms with E-state index in [4.69, 9.17) is 19.0 Å². The van der Waals surface area contributed by atoms with Crippen molar-refractivity contribution >= 4 is 17.8 Å². The zero-order valence-corrected chi connectivity index (χ0v) is 17.2. The molecule has 170 valence electrons. The molecule has 0 fully saturated rings. The van der Waals surface area contributed by atoms with Crippen molar-refractivity contribution in [1.29, 1.82) is 0 Å². The van der Waals surface area contributed by atoms with Gasteiger partial charge in [-0.05, 0) is 17.7 Å². The van der Waals surface area contributed by atoms with Crippen molar-refractivity contribution in [2.24, 2.45) is 0 Å². The number of benzene rings is 2. The minimum Gasteiger partial charge on any atom is -0.507 e. The van der Waals surface area contributed by atoms with Crippen LogP contribution in [-0.2, 0) is 41.7 Å². The lowest BCUT2D eigenvalue weighted by Crippen LogP contribution is -2.28. The predicted molar refractivity (Wildman–Crippen MR) is 109 cm³/mol. The van der Waals surface area contributed by atoms with E-state index in [0.29, 0.717) is 5.75 Å². The second kappa shape index (κ2) is 11.8. The van der Waals surface area contributed by atoms with Gasteiger partial charge in [0, 0.05) is 5.56 Å². The number of carbonyl (C=O) groups is 3. The van der Waals surface area contributed by atoms with E-state index in [1.165, 1.54) is 12.1 Å². The number of rotatable bonds is 12. The number of ether oxygens (including phenoxy) is 4. The van der Waals surface area contributed by atoms with Crippen LogP contribution in [0.5, 0.6) is 11.5 Å². The number of hydrogen-bond donors (Lipinski definition) is 2. The minimum absolute atomic E-state index is 0.0672. The van der Waals surface area contributed by atoms with Gasteiger partial charge in [0.1, 0.15) is 30.3 Å². The van der Waals surface area contributed by atoms with Gasteiger partial charge < -0.3 is 24.1 Å². The van der Waals surface area contributed by atoms with Gasteiger partial charge in [-0.3, -0.25) is 14.4 Å². The number of phenols is 1. The number of hydrogen-bond acceptors (Lipinski definition) is 9. The number of amides is 1. The summed E-state index contributed by atoms with van der Waals surface area (Å²) in [4.78, 5) is 40.0. The van der Waals surface area contributed by atoms with E-state index in [1.807, 2.05) is 30.3 Å². The molecule has 0 unspecified atom stereocenters. The molecule has 32 heavy (non-hydrogen) atoms. The summed E-state index contributed by atoms with van der Waals surface area (Å²) in [6, 6.07) is 12.2. The maximum atomic E-state index is 11.8. The normalized spacial score (nSPS) is 12.8. The van der Waals surface area contributed by atoms with E-state index in [1.54, 1.807) is 0 Å². The quantitative estimate of drug-likeness (QED) is 0.215. The summed E-state index contributed by atoms with van der Waals surface area (Å²) in [7, 11) is 0. The number of aromatic hydroxyl groups is 1. The highest BCUT2D eigenvalue weighted by Gasteiger charge is 2.30. The summed E-state index contributed by atoms with van der Waals surface area (Å²) >= 11 is 0. The van der Waals surface area contributed by atoms with Crippen LogP contribution in [0.25, 0.3) is 0 Å². The average Bonchev–Trinajstić information content (AvgIpc) is 2.77. The first-order valence-electron chi connectivity index (χ1n) is 9.87. The molecule has 0 spiro atoms. The second-order valence-corrected chi connectivity index (χ2v) is 6.69. The van der Waals surface area contributed by atoms with Crippen LogP contribution in [0, 0.1) is 0 Å². The number of cyclic esters (lactones) is 2. The number of hydroxylamine groups is 1. The molecular weight excluding hydrogens is 422 g/mol. The summed E-state index contributed by atoms with van der Waals surface area (Å²) < 4.78 is 20.6. The van der Waals surface area contributed by atoms with Crippen molar-refractivity contribution in [3.63, 3.8) is 0 Å². The van der Waals surface area contributed by atoms with Gasteiger partial charge in [0.2, 0.25) is 0 Å². The fourth-order valence-corrected chi connectivity index (χ4v) is 2.89. The predicted octanol–water partition coefficient (Wildman–Crippen LogP) is 1.29. The van der Waals surface area contributed by atoms with Crippen LogP contribution < -0.4 is 10.2 Å². The lowest BCUT2D eigenvalue weighted by atomic mass is 10.00. The molecule has 0 atom stereocenters. The molecule has 2 aromatic carbocycles. The fourth-order valence-electron chi connectivity index (χ4n) is 2.89. The summed E-state index contributed by atoms with van der Waals surface area (Å²) in [5.74, 6) is -1.99. The van der Waals surface area contributed by atoms with E-state index in [9.17, 15) is 19.5 Å². The molecule has 1 amide bonds. The third-order valence-electron chi connectivity index (χ3n) is 4.34. The van der Waals surface area contributed by atoms with Crippen LogP contribution in [-0.4, -0.2) is 56.0 Å². The van der Waals surface area contributed by atoms with E-state index in [2.05, 4.69) is 10.2 Å². The third kappa shape index (κ3) is 6.77. The summed E-state index contributed by atoms with van der Waals surface area (Å²) in [6.07, 6.45) is -0.170. The Kier molecular flexibility index (Phi) is 8.55. The molecule has 0 saturated carbocycles. The first kappa shape index (κ1) is 23.2. The van der Waals surface area contributed by atoms with Crippen molar-refractivity contribution in [3.05, 3.63) is 59.2 Å². The largest absolute Gasteiger partial charge is 0.507 e. The Morgan fingerprint density at radius 1 is 1.00 bits per heavy atom. The van der Waals surface area contributed by atoms with Gasteiger partial charge in [-0.1, -0.05) is 30.3 Å². The zero-order chi connectivity index (χ0) is 22.8. The first-order valence-corrected chi connectivity index (χ1v) is 9.87. The van der Waals surface area contributed by atoms with Gasteiger partial charge in [-0.2, -0.15) is 0 Å². The molecule has 3 rings (SSSR count). The van der Waals surface area contributed by atoms with Crippen molar-refractivity contribution in [3.8, 4) is 11.5 Å². The summed E-state index contributed by atoms with van der Waals surface area (Å²) in [5, 5.41) is 9.83. The van der Waals surface area contributed by atoms with E-state index in [-0.39, 0.29) is 62.9 Å². The van der Waals surface area contributed by atoms with Crippen LogP contribution in [0.15, 0.2) is 42.5 Å². The van der Waals surface area contributed by atoms with E-state index < -0.39 is 17.8 Å². The van der Waals surface area contributed by atoms with Crippen LogP contribution in [0.2, 0.25) is 0 Å². The van der Waals surface area contributed by atoms with E-state index >= 15 is 0 Å². The van der Waals surface area contributed by atoms with Crippen molar-refractivity contribution in [2.45, 2.75) is 13.0 Å². The molecule has 1 aliphatic rings. The van der Waals surface area contributed by atoms with Crippen LogP contribution in [0.4, 0.5) is 0 Å². The van der Waals surface area contributed by atoms with Crippen LogP contribution in [0.3, 0.4) is 0 Å². The topological polar surface area (TPSA) is 130 Å². The highest BCUT2D eigenvalue weighted by atomic mass is 16.7. The van der Waals surface area contributed by atoms with Gasteiger partial charge in [0.15, 0.2) is 0 Å². The molecule has 1 aliphatic heterocycles. The maximum Gasteiger partial charge on any atom is 0.350 e. The molecular formula is C22H23NO9. The molecule has 0 saturated heterocycles. The summed E-state index contributed by atoms with van der Waals surface area (Å²) in [6.45, 7) is 0.882. The van der Waals surface area contributed by atoms with Crippen molar-refractivity contribution in [1.82, 2.24) is 5.48 Å². The van der Waals surface area contributed by atoms with Gasteiger partial charge in [0.05, 0.1) is 32.8 Å². The minimum atomic E-state index is -0.901. The molecule has 2 aromatic rings. The number of fused-ring (bicyclic) bond motifs is 1. The molecule has 0 aliphatic carbocycles. The summed E-state index contributed by atoms with van der Waals surface area (Å²) in [5.41, 5.74) is 3.45. The van der Waals surface area contributed by atoms with Crippen molar-refractivity contribution in [2.75, 3.05) is 33.0 Å². The number of esters is 2. The first-order chi connectivity index (χ1) is 15.5. The average molecular weight is 445 g/mol. The number of carbonyl (C=O) groups excluding carboxylic acids is 3. The Morgan fingerprint density at radius 2 is 1.75 bits per heavy atom. The lowest BCUT2D eigenvalue weighted by Gasteiger charge is -2.19. The molecule has 1 heterocycles. The van der Waals surface area contributed by atoms with Gasteiger partial charge in [0.25, 0.3) is 5.91 Å². The van der Waals surface area contributed by atoms with Crippen LogP contribution in [0.1, 0.15) is 21.5 Å². The smallest absolute Gasteiger partial charge is 0.350 e. The Labute approximate surface area is 183 Å². The Bertz CT molecular complexity index is 946. The van der Waals surface area contributed by atoms with Crippen molar-refractivity contribution < 1.29 is 43.3 Å². The van der Waals surface area contributed by atoms with Crippen LogP contribution >= 0.6 is 0 Å². The van der Waals surface area contributed by atoms with Gasteiger partial charge in [-0.15, -0.1) is 0 Å². The SMILES string of the molecule is O=C(COCCOCCOc1ccc(O)c2c1CC(=O)OC2=O)NOCc1ccccc1. The van der Waals surface area contributed by atoms with Gasteiger partial charge >= 0.3 is 11.9 Å². The number of phenolic OH excluding ortho intramolecular Hbond substituents is 1. The Hall–Kier alpha value is -3.47. The zero-order valence-electron chi connectivity index (χ0n) is 17.2. The molecule has 0 radical (unpaired) electrons. The highest BCUT2D eigenvalue weighted by Crippen LogP contribution is 2.33. The molecule has 0 bridgehead atoms. The second-order valence-electron chi connectivity index (χ2n) is 6.69. The Morgan fingerprint density at radius 3 is 2.56 bits per heavy atom. The molecule has 10 nitrogen and oxygen atoms in total. The lowest BCUT2D eigenvalue weighted by molar-refractivity contribution is -0.140.